The number of rotatable bonds is 5. The van der Waals surface area contributed by atoms with Crippen LogP contribution in [0.1, 0.15) is 25.7 Å². The molecule has 3 rings (SSSR count). The molecule has 0 aliphatic carbocycles. The third-order valence-corrected chi connectivity index (χ3v) is 4.12. The average Bonchev–Trinajstić information content (AvgIpc) is 3.10. The molecule has 0 aliphatic heterocycles. The fourth-order valence-corrected chi connectivity index (χ4v) is 2.93. The molecule has 110 valence electrons. The molecule has 0 amide bonds. The fourth-order valence-electron chi connectivity index (χ4n) is 1.94. The Balaban J connectivity index is 1.80. The van der Waals surface area contributed by atoms with Crippen molar-refractivity contribution < 1.29 is 9.26 Å². The highest BCUT2D eigenvalue weighted by molar-refractivity contribution is 7.22. The lowest BCUT2D eigenvalue weighted by atomic mass is 10.2. The number of hydrogen-bond donors (Lipinski definition) is 1. The number of hydrogen-bond acceptors (Lipinski definition) is 6. The molecule has 0 aliphatic rings. The lowest BCUT2D eigenvalue weighted by Gasteiger charge is -2.10. The second-order valence-electron chi connectivity index (χ2n) is 5.09. The highest BCUT2D eigenvalue weighted by Gasteiger charge is 2.17. The number of nitrogens with zero attached hydrogens (tertiary/aromatic N) is 2. The van der Waals surface area contributed by atoms with Gasteiger partial charge in [-0.25, -0.2) is 0 Å². The van der Waals surface area contributed by atoms with Crippen molar-refractivity contribution in [2.45, 2.75) is 26.0 Å². The summed E-state index contributed by atoms with van der Waals surface area (Å²) in [6, 6.07) is 9.84. The lowest BCUT2D eigenvalue weighted by Crippen LogP contribution is -2.20. The van der Waals surface area contributed by atoms with Crippen LogP contribution in [-0.2, 0) is 4.74 Å². The molecule has 0 saturated carbocycles. The fraction of sp³-hybridized carbons (Fsp3) is 0.333. The van der Waals surface area contributed by atoms with Gasteiger partial charge in [0.2, 0.25) is 0 Å². The molecule has 6 heteroatoms. The van der Waals surface area contributed by atoms with E-state index in [1.54, 1.807) is 11.3 Å². The molecule has 1 aromatic carbocycles. The third-order valence-electron chi connectivity index (χ3n) is 3.02. The number of thiophene rings is 1. The van der Waals surface area contributed by atoms with Crippen molar-refractivity contribution in [3.63, 3.8) is 0 Å². The molecule has 5 nitrogen and oxygen atoms in total. The maximum Gasteiger partial charge on any atom is 0.268 e. The zero-order valence-corrected chi connectivity index (χ0v) is 12.8. The maximum absolute atomic E-state index is 6.00. The highest BCUT2D eigenvalue weighted by Crippen LogP contribution is 2.32. The van der Waals surface area contributed by atoms with Crippen LogP contribution >= 0.6 is 11.3 Å². The molecular formula is C15H17N3O2S. The van der Waals surface area contributed by atoms with E-state index in [4.69, 9.17) is 15.0 Å². The Morgan fingerprint density at radius 2 is 2.14 bits per heavy atom. The van der Waals surface area contributed by atoms with Gasteiger partial charge in [-0.15, -0.1) is 11.3 Å². The normalized spacial score (nSPS) is 13.1. The quantitative estimate of drug-likeness (QED) is 0.782. The monoisotopic (exact) mass is 303 g/mol. The van der Waals surface area contributed by atoms with Crippen LogP contribution in [-0.4, -0.2) is 22.9 Å². The van der Waals surface area contributed by atoms with Gasteiger partial charge >= 0.3 is 0 Å². The molecule has 0 saturated heterocycles. The summed E-state index contributed by atoms with van der Waals surface area (Å²) in [5.41, 5.74) is 6.00. The van der Waals surface area contributed by atoms with E-state index in [2.05, 4.69) is 22.3 Å². The van der Waals surface area contributed by atoms with E-state index < -0.39 is 0 Å². The summed E-state index contributed by atoms with van der Waals surface area (Å²) >= 11 is 1.63. The van der Waals surface area contributed by atoms with Crippen LogP contribution in [0.25, 0.3) is 20.9 Å². The number of benzene rings is 1. The predicted octanol–water partition coefficient (Wildman–Crippen LogP) is 3.38. The summed E-state index contributed by atoms with van der Waals surface area (Å²) in [7, 11) is 0. The molecular weight excluding hydrogens is 286 g/mol. The first-order valence-electron chi connectivity index (χ1n) is 6.83. The Morgan fingerprint density at radius 1 is 1.33 bits per heavy atom. The smallest absolute Gasteiger partial charge is 0.268 e. The molecule has 3 aromatic rings. The van der Waals surface area contributed by atoms with Crippen molar-refractivity contribution in [1.82, 2.24) is 10.1 Å². The van der Waals surface area contributed by atoms with Crippen LogP contribution < -0.4 is 5.73 Å². The van der Waals surface area contributed by atoms with Crippen molar-refractivity contribution in [1.29, 1.82) is 0 Å². The summed E-state index contributed by atoms with van der Waals surface area (Å²) in [4.78, 5) is 5.33. The van der Waals surface area contributed by atoms with Gasteiger partial charge in [0.15, 0.2) is 5.82 Å². The zero-order valence-electron chi connectivity index (χ0n) is 11.9. The molecule has 0 radical (unpaired) electrons. The van der Waals surface area contributed by atoms with Gasteiger partial charge in [0, 0.05) is 4.70 Å². The third kappa shape index (κ3) is 3.12. The first kappa shape index (κ1) is 14.2. The minimum absolute atomic E-state index is 0.130. The van der Waals surface area contributed by atoms with E-state index in [1.165, 1.54) is 10.1 Å². The van der Waals surface area contributed by atoms with Crippen molar-refractivity contribution in [3.05, 3.63) is 36.2 Å². The van der Waals surface area contributed by atoms with Crippen molar-refractivity contribution >= 4 is 21.4 Å². The van der Waals surface area contributed by atoms with Gasteiger partial charge in [0.1, 0.15) is 0 Å². The second-order valence-corrected chi connectivity index (χ2v) is 6.18. The number of ether oxygens (including phenoxy) is 1. The molecule has 0 bridgehead atoms. The summed E-state index contributed by atoms with van der Waals surface area (Å²) in [5, 5.41) is 5.13. The number of nitrogens with two attached hydrogens (primary N) is 1. The van der Waals surface area contributed by atoms with E-state index in [-0.39, 0.29) is 12.1 Å². The standard InChI is InChI=1S/C15H17N3O2S/c1-9(2)19-8-11(16)14-17-15(20-18-14)13-7-10-5-3-4-6-12(10)21-13/h3-7,9,11H,8,16H2,1-2H3. The average molecular weight is 303 g/mol. The first-order valence-corrected chi connectivity index (χ1v) is 7.65. The Morgan fingerprint density at radius 3 is 2.90 bits per heavy atom. The van der Waals surface area contributed by atoms with E-state index in [1.807, 2.05) is 32.0 Å². The van der Waals surface area contributed by atoms with E-state index >= 15 is 0 Å². The number of fused-ring (bicyclic) bond motifs is 1. The van der Waals surface area contributed by atoms with E-state index in [9.17, 15) is 0 Å². The minimum Gasteiger partial charge on any atom is -0.377 e. The van der Waals surface area contributed by atoms with Crippen molar-refractivity contribution in [3.8, 4) is 10.8 Å². The molecule has 21 heavy (non-hydrogen) atoms. The summed E-state index contributed by atoms with van der Waals surface area (Å²) in [6.45, 7) is 4.31. The largest absolute Gasteiger partial charge is 0.377 e. The maximum atomic E-state index is 6.00. The molecule has 1 atom stereocenters. The Hall–Kier alpha value is -1.76. The Kier molecular flexibility index (Phi) is 4.01. The van der Waals surface area contributed by atoms with E-state index in [0.717, 1.165) is 4.88 Å². The highest BCUT2D eigenvalue weighted by atomic mass is 32.1. The molecule has 0 spiro atoms. The molecule has 2 aromatic heterocycles. The van der Waals surface area contributed by atoms with Crippen LogP contribution in [0.5, 0.6) is 0 Å². The Bertz CT molecular complexity index is 702. The molecule has 2 heterocycles. The summed E-state index contributed by atoms with van der Waals surface area (Å²) < 4.78 is 12.0. The van der Waals surface area contributed by atoms with E-state index in [0.29, 0.717) is 18.3 Å². The topological polar surface area (TPSA) is 74.2 Å². The van der Waals surface area contributed by atoms with Crippen LogP contribution in [0.3, 0.4) is 0 Å². The van der Waals surface area contributed by atoms with Crippen LogP contribution in [0, 0.1) is 0 Å². The number of aromatic nitrogens is 2. The SMILES string of the molecule is CC(C)OCC(N)c1noc(-c2cc3ccccc3s2)n1. The van der Waals surface area contributed by atoms with Crippen LogP contribution in [0.15, 0.2) is 34.9 Å². The van der Waals surface area contributed by atoms with Gasteiger partial charge in [-0.1, -0.05) is 23.4 Å². The summed E-state index contributed by atoms with van der Waals surface area (Å²) in [5.74, 6) is 0.981. The predicted molar refractivity (Wildman–Crippen MR) is 83.1 cm³/mol. The second kappa shape index (κ2) is 5.93. The van der Waals surface area contributed by atoms with Crippen LogP contribution in [0.4, 0.5) is 0 Å². The molecule has 1 unspecified atom stereocenters. The van der Waals surface area contributed by atoms with Gasteiger partial charge in [-0.05, 0) is 31.4 Å². The van der Waals surface area contributed by atoms with Crippen LogP contribution in [0.2, 0.25) is 0 Å². The van der Waals surface area contributed by atoms with Gasteiger partial charge in [-0.2, -0.15) is 4.98 Å². The molecule has 0 fully saturated rings. The van der Waals surface area contributed by atoms with Gasteiger partial charge in [-0.3, -0.25) is 0 Å². The van der Waals surface area contributed by atoms with Crippen molar-refractivity contribution in [2.24, 2.45) is 5.73 Å². The first-order chi connectivity index (χ1) is 10.1. The van der Waals surface area contributed by atoms with Gasteiger partial charge in [0.05, 0.1) is 23.6 Å². The van der Waals surface area contributed by atoms with Gasteiger partial charge in [0.25, 0.3) is 5.89 Å². The van der Waals surface area contributed by atoms with Crippen molar-refractivity contribution in [2.75, 3.05) is 6.61 Å². The lowest BCUT2D eigenvalue weighted by molar-refractivity contribution is 0.0665. The zero-order chi connectivity index (χ0) is 14.8. The summed E-state index contributed by atoms with van der Waals surface area (Å²) in [6.07, 6.45) is 0.130. The molecule has 2 N–H and O–H groups in total. The van der Waals surface area contributed by atoms with Gasteiger partial charge < -0.3 is 15.0 Å². The Labute approximate surface area is 126 Å². The minimum atomic E-state index is -0.376.